The van der Waals surface area contributed by atoms with Crippen molar-refractivity contribution in [2.45, 2.75) is 18.9 Å². The molecule has 1 fully saturated rings. The predicted octanol–water partition coefficient (Wildman–Crippen LogP) is 4.37. The molecular formula is C23H19Cl2N5O2. The molecule has 1 aliphatic heterocycles. The zero-order chi connectivity index (χ0) is 22.7. The highest BCUT2D eigenvalue weighted by atomic mass is 35.5. The summed E-state index contributed by atoms with van der Waals surface area (Å²) in [6, 6.07) is 12.5. The van der Waals surface area contributed by atoms with Crippen LogP contribution < -0.4 is 4.74 Å². The number of benzene rings is 1. The summed E-state index contributed by atoms with van der Waals surface area (Å²) in [5, 5.41) is 9.90. The van der Waals surface area contributed by atoms with Gasteiger partial charge in [-0.3, -0.25) is 4.79 Å². The molecule has 32 heavy (non-hydrogen) atoms. The SMILES string of the molecule is C[C@H](Oc1ccc(C#N)cn1)C1CN(C(=O)c2ccncn2)C[C@@H]1c1ccc(Cl)c(Cl)c1. The number of ether oxygens (including phenoxy) is 1. The lowest BCUT2D eigenvalue weighted by Crippen LogP contribution is -2.32. The number of halogens is 2. The topological polar surface area (TPSA) is 92.0 Å². The van der Waals surface area contributed by atoms with E-state index >= 15 is 0 Å². The molecule has 0 saturated carbocycles. The molecule has 0 radical (unpaired) electrons. The Labute approximate surface area is 195 Å². The van der Waals surface area contributed by atoms with Crippen molar-refractivity contribution in [3.05, 3.63) is 82.0 Å². The van der Waals surface area contributed by atoms with Gasteiger partial charge in [0.15, 0.2) is 0 Å². The summed E-state index contributed by atoms with van der Waals surface area (Å²) < 4.78 is 6.09. The number of likely N-dealkylation sites (tertiary alicyclic amines) is 1. The van der Waals surface area contributed by atoms with E-state index in [0.29, 0.717) is 40.3 Å². The molecule has 3 heterocycles. The second-order valence-corrected chi connectivity index (χ2v) is 8.38. The fourth-order valence-electron chi connectivity index (χ4n) is 3.94. The van der Waals surface area contributed by atoms with Crippen LogP contribution >= 0.6 is 23.2 Å². The van der Waals surface area contributed by atoms with E-state index in [4.69, 9.17) is 33.2 Å². The van der Waals surface area contributed by atoms with Gasteiger partial charge in [0, 0.05) is 43.4 Å². The Morgan fingerprint density at radius 1 is 1.19 bits per heavy atom. The molecule has 1 saturated heterocycles. The molecule has 1 aromatic carbocycles. The summed E-state index contributed by atoms with van der Waals surface area (Å²) in [7, 11) is 0. The molecule has 1 aliphatic rings. The van der Waals surface area contributed by atoms with Crippen molar-refractivity contribution >= 4 is 29.1 Å². The number of nitriles is 1. The van der Waals surface area contributed by atoms with Gasteiger partial charge in [-0.1, -0.05) is 29.3 Å². The molecule has 4 rings (SSSR count). The lowest BCUT2D eigenvalue weighted by molar-refractivity contribution is 0.0763. The standard InChI is InChI=1S/C23H19Cl2N5O2/c1-14(32-22-5-2-15(9-26)10-28-22)17-11-30(23(31)21-6-7-27-13-29-21)12-18(17)16-3-4-19(24)20(25)8-16/h2-8,10,13-14,17-18H,11-12H2,1H3/t14-,17?,18+/m0/s1. The first kappa shape index (κ1) is 22.0. The van der Waals surface area contributed by atoms with Gasteiger partial charge in [0.25, 0.3) is 5.91 Å². The number of rotatable bonds is 5. The summed E-state index contributed by atoms with van der Waals surface area (Å²) in [6.07, 6.45) is 4.11. The van der Waals surface area contributed by atoms with Gasteiger partial charge in [-0.15, -0.1) is 0 Å². The second kappa shape index (κ2) is 9.51. The first-order valence-corrected chi connectivity index (χ1v) is 10.7. The normalized spacial score (nSPS) is 18.8. The third kappa shape index (κ3) is 4.67. The van der Waals surface area contributed by atoms with Crippen molar-refractivity contribution in [2.24, 2.45) is 5.92 Å². The quantitative estimate of drug-likeness (QED) is 0.552. The fraction of sp³-hybridized carbons (Fsp3) is 0.261. The second-order valence-electron chi connectivity index (χ2n) is 7.57. The minimum atomic E-state index is -0.266. The Bertz CT molecular complexity index is 1150. The van der Waals surface area contributed by atoms with Gasteiger partial charge in [-0.2, -0.15) is 5.26 Å². The van der Waals surface area contributed by atoms with Crippen LogP contribution in [0.3, 0.4) is 0 Å². The Morgan fingerprint density at radius 2 is 2.03 bits per heavy atom. The van der Waals surface area contributed by atoms with Gasteiger partial charge in [0.2, 0.25) is 5.88 Å². The van der Waals surface area contributed by atoms with E-state index in [1.165, 1.54) is 12.5 Å². The van der Waals surface area contributed by atoms with Crippen LogP contribution in [0.1, 0.15) is 34.5 Å². The predicted molar refractivity (Wildman–Crippen MR) is 120 cm³/mol. The van der Waals surface area contributed by atoms with Crippen molar-refractivity contribution in [1.29, 1.82) is 5.26 Å². The fourth-order valence-corrected chi connectivity index (χ4v) is 4.25. The van der Waals surface area contributed by atoms with Crippen LogP contribution in [0.4, 0.5) is 0 Å². The Kier molecular flexibility index (Phi) is 6.54. The van der Waals surface area contributed by atoms with Gasteiger partial charge in [-0.05, 0) is 36.8 Å². The van der Waals surface area contributed by atoms with Crippen molar-refractivity contribution in [2.75, 3.05) is 13.1 Å². The van der Waals surface area contributed by atoms with Crippen LogP contribution in [0.5, 0.6) is 5.88 Å². The maximum Gasteiger partial charge on any atom is 0.272 e. The zero-order valence-electron chi connectivity index (χ0n) is 17.2. The van der Waals surface area contributed by atoms with Crippen molar-refractivity contribution in [3.63, 3.8) is 0 Å². The van der Waals surface area contributed by atoms with E-state index in [1.807, 2.05) is 25.1 Å². The molecule has 9 heteroatoms. The summed E-state index contributed by atoms with van der Waals surface area (Å²) in [6.45, 7) is 2.92. The number of hydrogen-bond acceptors (Lipinski definition) is 6. The van der Waals surface area contributed by atoms with Crippen molar-refractivity contribution in [3.8, 4) is 11.9 Å². The van der Waals surface area contributed by atoms with E-state index in [0.717, 1.165) is 5.56 Å². The van der Waals surface area contributed by atoms with Gasteiger partial charge in [-0.25, -0.2) is 15.0 Å². The van der Waals surface area contributed by atoms with E-state index in [-0.39, 0.29) is 23.8 Å². The lowest BCUT2D eigenvalue weighted by Gasteiger charge is -2.25. The number of amides is 1. The third-order valence-electron chi connectivity index (χ3n) is 5.60. The molecular weight excluding hydrogens is 449 g/mol. The highest BCUT2D eigenvalue weighted by Gasteiger charge is 2.40. The van der Waals surface area contributed by atoms with Crippen LogP contribution in [-0.4, -0.2) is 45.0 Å². The molecule has 162 valence electrons. The maximum atomic E-state index is 13.0. The Hall–Kier alpha value is -3.21. The maximum absolute atomic E-state index is 13.0. The average Bonchev–Trinajstić information content (AvgIpc) is 3.27. The first-order chi connectivity index (χ1) is 15.5. The van der Waals surface area contributed by atoms with E-state index in [2.05, 4.69) is 15.0 Å². The molecule has 0 spiro atoms. The highest BCUT2D eigenvalue weighted by molar-refractivity contribution is 6.42. The summed E-state index contributed by atoms with van der Waals surface area (Å²) in [5.41, 5.74) is 1.78. The Balaban J connectivity index is 1.60. The number of carbonyl (C=O) groups excluding carboxylic acids is 1. The van der Waals surface area contributed by atoms with Crippen LogP contribution in [0, 0.1) is 17.2 Å². The van der Waals surface area contributed by atoms with Crippen LogP contribution in [0.2, 0.25) is 10.0 Å². The van der Waals surface area contributed by atoms with E-state index in [1.54, 1.807) is 35.4 Å². The highest BCUT2D eigenvalue weighted by Crippen LogP contribution is 2.38. The summed E-state index contributed by atoms with van der Waals surface area (Å²) in [4.78, 5) is 27.0. The third-order valence-corrected chi connectivity index (χ3v) is 6.34. The molecule has 3 aromatic rings. The molecule has 1 amide bonds. The minimum Gasteiger partial charge on any atom is -0.474 e. The minimum absolute atomic E-state index is 0.0241. The summed E-state index contributed by atoms with van der Waals surface area (Å²) >= 11 is 12.4. The molecule has 3 atom stereocenters. The molecule has 1 unspecified atom stereocenters. The number of pyridine rings is 1. The average molecular weight is 468 g/mol. The van der Waals surface area contributed by atoms with Crippen molar-refractivity contribution in [1.82, 2.24) is 19.9 Å². The molecule has 0 aliphatic carbocycles. The monoisotopic (exact) mass is 467 g/mol. The smallest absolute Gasteiger partial charge is 0.272 e. The van der Waals surface area contributed by atoms with Crippen molar-refractivity contribution < 1.29 is 9.53 Å². The number of hydrogen-bond donors (Lipinski definition) is 0. The van der Waals surface area contributed by atoms with Gasteiger partial charge >= 0.3 is 0 Å². The largest absolute Gasteiger partial charge is 0.474 e. The van der Waals surface area contributed by atoms with Crippen LogP contribution in [-0.2, 0) is 0 Å². The van der Waals surface area contributed by atoms with Crippen LogP contribution in [0.15, 0.2) is 55.1 Å². The Morgan fingerprint density at radius 3 is 2.69 bits per heavy atom. The number of aromatic nitrogens is 3. The molecule has 2 aromatic heterocycles. The van der Waals surface area contributed by atoms with Crippen LogP contribution in [0.25, 0.3) is 0 Å². The van der Waals surface area contributed by atoms with E-state index in [9.17, 15) is 4.79 Å². The first-order valence-electron chi connectivity index (χ1n) is 9.99. The van der Waals surface area contributed by atoms with Gasteiger partial charge in [0.05, 0.1) is 15.6 Å². The zero-order valence-corrected chi connectivity index (χ0v) is 18.7. The lowest BCUT2D eigenvalue weighted by atomic mass is 9.86. The molecule has 0 bridgehead atoms. The number of carbonyl (C=O) groups is 1. The van der Waals surface area contributed by atoms with Gasteiger partial charge in [0.1, 0.15) is 24.2 Å². The number of nitrogens with zero attached hydrogens (tertiary/aromatic N) is 5. The van der Waals surface area contributed by atoms with E-state index < -0.39 is 0 Å². The summed E-state index contributed by atoms with van der Waals surface area (Å²) in [5.74, 6) is 0.202. The molecule has 7 nitrogen and oxygen atoms in total. The van der Waals surface area contributed by atoms with Gasteiger partial charge < -0.3 is 9.64 Å². The molecule has 0 N–H and O–H groups in total.